The first kappa shape index (κ1) is 14.9. The van der Waals surface area contributed by atoms with E-state index in [-0.39, 0.29) is 30.2 Å². The highest BCUT2D eigenvalue weighted by Crippen LogP contribution is 2.35. The number of carbonyl (C=O) groups excluding carboxylic acids is 1. The average Bonchev–Trinajstić information content (AvgIpc) is 2.82. The van der Waals surface area contributed by atoms with Crippen LogP contribution in [0.5, 0.6) is 5.75 Å². The fourth-order valence-electron chi connectivity index (χ4n) is 2.44. The maximum absolute atomic E-state index is 11.9. The molecule has 1 aromatic rings. The lowest BCUT2D eigenvalue weighted by Gasteiger charge is -2.21. The predicted molar refractivity (Wildman–Crippen MR) is 77.7 cm³/mol. The molecule has 1 aliphatic rings. The fourth-order valence-corrected chi connectivity index (χ4v) is 2.44. The minimum Gasteiger partial charge on any atom is -0.493 e. The zero-order chi connectivity index (χ0) is 14.7. The zero-order valence-corrected chi connectivity index (χ0v) is 12.3. The number of nitrogens with one attached hydrogen (secondary N) is 1. The van der Waals surface area contributed by atoms with E-state index in [0.29, 0.717) is 6.61 Å². The van der Waals surface area contributed by atoms with E-state index in [4.69, 9.17) is 4.74 Å². The maximum Gasteiger partial charge on any atom is 0.222 e. The third kappa shape index (κ3) is 3.31. The topological polar surface area (TPSA) is 58.6 Å². The lowest BCUT2D eigenvalue weighted by molar-refractivity contribution is -0.124. The van der Waals surface area contributed by atoms with Crippen LogP contribution >= 0.6 is 0 Å². The van der Waals surface area contributed by atoms with Crippen LogP contribution in [-0.4, -0.2) is 29.8 Å². The highest BCUT2D eigenvalue weighted by atomic mass is 16.5. The molecule has 0 aliphatic carbocycles. The number of hydrogen-bond acceptors (Lipinski definition) is 3. The van der Waals surface area contributed by atoms with Gasteiger partial charge in [-0.2, -0.15) is 0 Å². The number of aliphatic hydroxyl groups excluding tert-OH is 1. The number of para-hydroxylation sites is 1. The van der Waals surface area contributed by atoms with Crippen LogP contribution < -0.4 is 10.1 Å². The van der Waals surface area contributed by atoms with E-state index in [9.17, 15) is 9.90 Å². The lowest BCUT2D eigenvalue weighted by Crippen LogP contribution is -2.39. The summed E-state index contributed by atoms with van der Waals surface area (Å²) in [6.45, 7) is 6.38. The number of rotatable bonds is 5. The number of carbonyl (C=O) groups is 1. The smallest absolute Gasteiger partial charge is 0.222 e. The fraction of sp³-hybridized carbons (Fsp3) is 0.562. The SMILES string of the molecule is CC(C)C(O)CC(=O)NC(C)C1COc2ccccc21. The van der Waals surface area contributed by atoms with Crippen molar-refractivity contribution >= 4 is 5.91 Å². The second-order valence-corrected chi connectivity index (χ2v) is 5.83. The Bertz CT molecular complexity index is 473. The second kappa shape index (κ2) is 6.27. The van der Waals surface area contributed by atoms with E-state index in [2.05, 4.69) is 5.32 Å². The molecule has 3 atom stereocenters. The largest absolute Gasteiger partial charge is 0.493 e. The van der Waals surface area contributed by atoms with Crippen LogP contribution in [0.4, 0.5) is 0 Å². The Morgan fingerprint density at radius 1 is 1.40 bits per heavy atom. The summed E-state index contributed by atoms with van der Waals surface area (Å²) in [6, 6.07) is 7.91. The predicted octanol–water partition coefficient (Wildman–Crippen LogP) is 2.07. The van der Waals surface area contributed by atoms with E-state index < -0.39 is 6.10 Å². The van der Waals surface area contributed by atoms with Crippen molar-refractivity contribution in [2.24, 2.45) is 5.92 Å². The van der Waals surface area contributed by atoms with E-state index in [0.717, 1.165) is 11.3 Å². The number of amides is 1. The monoisotopic (exact) mass is 277 g/mol. The summed E-state index contributed by atoms with van der Waals surface area (Å²) in [6.07, 6.45) is -0.439. The molecule has 0 saturated heterocycles. The zero-order valence-electron chi connectivity index (χ0n) is 12.3. The highest BCUT2D eigenvalue weighted by Gasteiger charge is 2.29. The number of ether oxygens (including phenoxy) is 1. The van der Waals surface area contributed by atoms with Crippen molar-refractivity contribution in [1.82, 2.24) is 5.32 Å². The van der Waals surface area contributed by atoms with Gasteiger partial charge in [-0.1, -0.05) is 32.0 Å². The van der Waals surface area contributed by atoms with Crippen molar-refractivity contribution in [3.63, 3.8) is 0 Å². The molecule has 1 aromatic carbocycles. The molecule has 1 amide bonds. The molecule has 0 radical (unpaired) electrons. The van der Waals surface area contributed by atoms with Crippen LogP contribution in [0, 0.1) is 5.92 Å². The van der Waals surface area contributed by atoms with Crippen molar-refractivity contribution in [1.29, 1.82) is 0 Å². The summed E-state index contributed by atoms with van der Waals surface area (Å²) in [5.74, 6) is 1.06. The molecule has 110 valence electrons. The molecule has 4 nitrogen and oxygen atoms in total. The summed E-state index contributed by atoms with van der Waals surface area (Å²) in [5.41, 5.74) is 1.14. The van der Waals surface area contributed by atoms with Gasteiger partial charge < -0.3 is 15.2 Å². The molecule has 1 aliphatic heterocycles. The van der Waals surface area contributed by atoms with Crippen molar-refractivity contribution in [3.05, 3.63) is 29.8 Å². The van der Waals surface area contributed by atoms with Gasteiger partial charge in [-0.3, -0.25) is 4.79 Å². The minimum absolute atomic E-state index is 0.00878. The average molecular weight is 277 g/mol. The number of aliphatic hydroxyl groups is 1. The maximum atomic E-state index is 11.9. The quantitative estimate of drug-likeness (QED) is 0.866. The van der Waals surface area contributed by atoms with Crippen molar-refractivity contribution in [2.75, 3.05) is 6.61 Å². The number of hydrogen-bond donors (Lipinski definition) is 2. The van der Waals surface area contributed by atoms with Crippen molar-refractivity contribution in [3.8, 4) is 5.75 Å². The Balaban J connectivity index is 1.93. The molecule has 1 heterocycles. The third-order valence-electron chi connectivity index (χ3n) is 3.89. The molecule has 20 heavy (non-hydrogen) atoms. The van der Waals surface area contributed by atoms with Gasteiger partial charge in [0.05, 0.1) is 19.1 Å². The van der Waals surface area contributed by atoms with Gasteiger partial charge in [0.1, 0.15) is 5.75 Å². The van der Waals surface area contributed by atoms with Gasteiger partial charge in [0.15, 0.2) is 0 Å². The third-order valence-corrected chi connectivity index (χ3v) is 3.89. The molecular weight excluding hydrogens is 254 g/mol. The molecule has 0 bridgehead atoms. The first-order chi connectivity index (χ1) is 9.49. The highest BCUT2D eigenvalue weighted by molar-refractivity contribution is 5.76. The molecule has 0 aromatic heterocycles. The Labute approximate surface area is 120 Å². The molecule has 2 rings (SSSR count). The van der Waals surface area contributed by atoms with Gasteiger partial charge >= 0.3 is 0 Å². The van der Waals surface area contributed by atoms with E-state index in [1.807, 2.05) is 45.0 Å². The molecule has 2 N–H and O–H groups in total. The van der Waals surface area contributed by atoms with Gasteiger partial charge in [0, 0.05) is 17.5 Å². The van der Waals surface area contributed by atoms with Gasteiger partial charge in [-0.05, 0) is 18.9 Å². The number of fused-ring (bicyclic) bond motifs is 1. The Hall–Kier alpha value is -1.55. The van der Waals surface area contributed by atoms with E-state index in [1.54, 1.807) is 0 Å². The normalized spacial score (nSPS) is 20.1. The first-order valence-corrected chi connectivity index (χ1v) is 7.18. The minimum atomic E-state index is -0.589. The van der Waals surface area contributed by atoms with Crippen LogP contribution in [0.3, 0.4) is 0 Å². The van der Waals surface area contributed by atoms with Crippen molar-refractivity contribution in [2.45, 2.75) is 45.3 Å². The van der Waals surface area contributed by atoms with Gasteiger partial charge in [0.2, 0.25) is 5.91 Å². The van der Waals surface area contributed by atoms with Crippen LogP contribution in [-0.2, 0) is 4.79 Å². The van der Waals surface area contributed by atoms with Gasteiger partial charge in [-0.15, -0.1) is 0 Å². The van der Waals surface area contributed by atoms with Gasteiger partial charge in [0.25, 0.3) is 0 Å². The summed E-state index contributed by atoms with van der Waals surface area (Å²) in [4.78, 5) is 11.9. The molecule has 3 unspecified atom stereocenters. The second-order valence-electron chi connectivity index (χ2n) is 5.83. The lowest BCUT2D eigenvalue weighted by atomic mass is 9.94. The Morgan fingerprint density at radius 3 is 2.80 bits per heavy atom. The summed E-state index contributed by atoms with van der Waals surface area (Å²) < 4.78 is 5.63. The van der Waals surface area contributed by atoms with Crippen LogP contribution in [0.15, 0.2) is 24.3 Å². The molecule has 0 fully saturated rings. The van der Waals surface area contributed by atoms with Gasteiger partial charge in [-0.25, -0.2) is 0 Å². The number of benzene rings is 1. The molecule has 4 heteroatoms. The van der Waals surface area contributed by atoms with Crippen LogP contribution in [0.2, 0.25) is 0 Å². The van der Waals surface area contributed by atoms with Crippen LogP contribution in [0.1, 0.15) is 38.7 Å². The molecule has 0 saturated carbocycles. The Kier molecular flexibility index (Phi) is 4.65. The summed E-state index contributed by atoms with van der Waals surface area (Å²) in [5, 5.41) is 12.7. The molecular formula is C16H23NO3. The van der Waals surface area contributed by atoms with E-state index >= 15 is 0 Å². The van der Waals surface area contributed by atoms with E-state index in [1.165, 1.54) is 0 Å². The van der Waals surface area contributed by atoms with Crippen LogP contribution in [0.25, 0.3) is 0 Å². The first-order valence-electron chi connectivity index (χ1n) is 7.18. The standard InChI is InChI=1S/C16H23NO3/c1-10(2)14(18)8-16(19)17-11(3)13-9-20-15-7-5-4-6-12(13)15/h4-7,10-11,13-14,18H,8-9H2,1-3H3,(H,17,19). The molecule has 0 spiro atoms. The van der Waals surface area contributed by atoms with Crippen molar-refractivity contribution < 1.29 is 14.6 Å². The summed E-state index contributed by atoms with van der Waals surface area (Å²) >= 11 is 0. The summed E-state index contributed by atoms with van der Waals surface area (Å²) in [7, 11) is 0. The Morgan fingerprint density at radius 2 is 2.10 bits per heavy atom.